The van der Waals surface area contributed by atoms with Gasteiger partial charge in [0.2, 0.25) is 11.8 Å². The molecule has 0 atom stereocenters. The van der Waals surface area contributed by atoms with Gasteiger partial charge < -0.3 is 15.4 Å². The highest BCUT2D eigenvalue weighted by Gasteiger charge is 2.21. The highest BCUT2D eigenvalue weighted by molar-refractivity contribution is 5.92. The molecule has 0 unspecified atom stereocenters. The molecule has 1 heterocycles. The smallest absolute Gasteiger partial charge is 0.238 e. The molecule has 1 aromatic heterocycles. The molecule has 0 radical (unpaired) electrons. The molecule has 1 amide bonds. The first-order chi connectivity index (χ1) is 7.78. The second kappa shape index (κ2) is 4.94. The van der Waals surface area contributed by atoms with Crippen LogP contribution in [0.3, 0.4) is 0 Å². The normalized spacial score (nSPS) is 14.6. The van der Waals surface area contributed by atoms with E-state index in [2.05, 4.69) is 15.6 Å². The Hall–Kier alpha value is -1.62. The fourth-order valence-corrected chi connectivity index (χ4v) is 1.30. The maximum atomic E-state index is 11.5. The van der Waals surface area contributed by atoms with Gasteiger partial charge in [0.15, 0.2) is 0 Å². The molecule has 1 aromatic rings. The largest absolute Gasteiger partial charge is 0.481 e. The quantitative estimate of drug-likeness (QED) is 0.771. The highest BCUT2D eigenvalue weighted by atomic mass is 16.5. The number of rotatable bonds is 5. The van der Waals surface area contributed by atoms with E-state index in [0.29, 0.717) is 24.2 Å². The summed E-state index contributed by atoms with van der Waals surface area (Å²) in [4.78, 5) is 15.5. The molecule has 86 valence electrons. The van der Waals surface area contributed by atoms with Gasteiger partial charge in [-0.05, 0) is 18.9 Å². The van der Waals surface area contributed by atoms with Gasteiger partial charge >= 0.3 is 0 Å². The minimum absolute atomic E-state index is 0.0427. The second-order valence-corrected chi connectivity index (χ2v) is 3.79. The molecule has 0 bridgehead atoms. The molecule has 1 aliphatic rings. The van der Waals surface area contributed by atoms with Crippen LogP contribution < -0.4 is 15.4 Å². The summed E-state index contributed by atoms with van der Waals surface area (Å²) in [5.41, 5.74) is 0.684. The number of aromatic nitrogens is 1. The lowest BCUT2D eigenvalue weighted by atomic mass is 10.4. The third kappa shape index (κ3) is 3.20. The van der Waals surface area contributed by atoms with E-state index >= 15 is 0 Å². The standard InChI is InChI=1S/C11H15N3O2/c1-16-11-5-4-9(6-13-11)14-10(15)7-12-8-2-3-8/h4-6,8,12H,2-3,7H2,1H3,(H,14,15). The molecule has 2 N–H and O–H groups in total. The van der Waals surface area contributed by atoms with Gasteiger partial charge in [-0.15, -0.1) is 0 Å². The van der Waals surface area contributed by atoms with Crippen LogP contribution in [-0.2, 0) is 4.79 Å². The average Bonchev–Trinajstić information content (AvgIpc) is 3.11. The van der Waals surface area contributed by atoms with Crippen LogP contribution in [0.15, 0.2) is 18.3 Å². The van der Waals surface area contributed by atoms with E-state index < -0.39 is 0 Å². The van der Waals surface area contributed by atoms with Crippen LogP contribution in [-0.4, -0.2) is 30.6 Å². The van der Waals surface area contributed by atoms with E-state index in [-0.39, 0.29) is 5.91 Å². The number of pyridine rings is 1. The SMILES string of the molecule is COc1ccc(NC(=O)CNC2CC2)cn1. The predicted octanol–water partition coefficient (Wildman–Crippen LogP) is 0.781. The van der Waals surface area contributed by atoms with Crippen molar-refractivity contribution >= 4 is 11.6 Å². The number of hydrogen-bond acceptors (Lipinski definition) is 4. The summed E-state index contributed by atoms with van der Waals surface area (Å²) < 4.78 is 4.93. The zero-order valence-electron chi connectivity index (χ0n) is 9.19. The Morgan fingerprint density at radius 1 is 1.56 bits per heavy atom. The van der Waals surface area contributed by atoms with Gasteiger partial charge in [0, 0.05) is 12.1 Å². The zero-order valence-corrected chi connectivity index (χ0v) is 9.19. The minimum atomic E-state index is -0.0427. The molecule has 1 fully saturated rings. The van der Waals surface area contributed by atoms with Crippen molar-refractivity contribution in [1.82, 2.24) is 10.3 Å². The minimum Gasteiger partial charge on any atom is -0.481 e. The van der Waals surface area contributed by atoms with Crippen LogP contribution >= 0.6 is 0 Å². The number of carbonyl (C=O) groups excluding carboxylic acids is 1. The molecule has 16 heavy (non-hydrogen) atoms. The topological polar surface area (TPSA) is 63.2 Å². The number of amides is 1. The molecule has 0 saturated heterocycles. The Balaban J connectivity index is 1.79. The van der Waals surface area contributed by atoms with E-state index in [0.717, 1.165) is 0 Å². The molecule has 1 saturated carbocycles. The Labute approximate surface area is 94.2 Å². The van der Waals surface area contributed by atoms with Gasteiger partial charge in [-0.2, -0.15) is 0 Å². The molecule has 0 spiro atoms. The molecular weight excluding hydrogens is 206 g/mol. The van der Waals surface area contributed by atoms with Crippen molar-refractivity contribution in [2.75, 3.05) is 19.0 Å². The lowest BCUT2D eigenvalue weighted by Crippen LogP contribution is -2.29. The summed E-state index contributed by atoms with van der Waals surface area (Å²) in [5, 5.41) is 5.90. The summed E-state index contributed by atoms with van der Waals surface area (Å²) in [6.45, 7) is 0.358. The van der Waals surface area contributed by atoms with Gasteiger partial charge in [-0.3, -0.25) is 4.79 Å². The first-order valence-corrected chi connectivity index (χ1v) is 5.31. The molecule has 5 nitrogen and oxygen atoms in total. The summed E-state index contributed by atoms with van der Waals surface area (Å²) >= 11 is 0. The molecule has 5 heteroatoms. The van der Waals surface area contributed by atoms with Crippen LogP contribution in [0.4, 0.5) is 5.69 Å². The molecule has 0 aliphatic heterocycles. The third-order valence-electron chi connectivity index (χ3n) is 2.36. The second-order valence-electron chi connectivity index (χ2n) is 3.79. The van der Waals surface area contributed by atoms with E-state index in [4.69, 9.17) is 4.74 Å². The Morgan fingerprint density at radius 2 is 2.38 bits per heavy atom. The first kappa shape index (κ1) is 10.9. The Kier molecular flexibility index (Phi) is 3.36. The lowest BCUT2D eigenvalue weighted by molar-refractivity contribution is -0.115. The Morgan fingerprint density at radius 3 is 2.94 bits per heavy atom. The third-order valence-corrected chi connectivity index (χ3v) is 2.36. The summed E-state index contributed by atoms with van der Waals surface area (Å²) in [5.74, 6) is 0.493. The van der Waals surface area contributed by atoms with Crippen molar-refractivity contribution < 1.29 is 9.53 Å². The van der Waals surface area contributed by atoms with Crippen molar-refractivity contribution in [2.45, 2.75) is 18.9 Å². The summed E-state index contributed by atoms with van der Waals surface area (Å²) in [6, 6.07) is 4.02. The van der Waals surface area contributed by atoms with E-state index in [1.165, 1.54) is 12.8 Å². The van der Waals surface area contributed by atoms with Crippen molar-refractivity contribution in [3.05, 3.63) is 18.3 Å². The van der Waals surface area contributed by atoms with Crippen LogP contribution in [0, 0.1) is 0 Å². The van der Waals surface area contributed by atoms with E-state index in [9.17, 15) is 4.79 Å². The monoisotopic (exact) mass is 221 g/mol. The average molecular weight is 221 g/mol. The van der Waals surface area contributed by atoms with Crippen LogP contribution in [0.2, 0.25) is 0 Å². The summed E-state index contributed by atoms with van der Waals surface area (Å²) in [7, 11) is 1.56. The molecule has 2 rings (SSSR count). The number of methoxy groups -OCH3 is 1. The van der Waals surface area contributed by atoms with Gasteiger partial charge in [0.05, 0.1) is 25.5 Å². The highest BCUT2D eigenvalue weighted by Crippen LogP contribution is 2.18. The van der Waals surface area contributed by atoms with E-state index in [1.807, 2.05) is 0 Å². The fourth-order valence-electron chi connectivity index (χ4n) is 1.30. The molecule has 0 aromatic carbocycles. The lowest BCUT2D eigenvalue weighted by Gasteiger charge is -2.06. The van der Waals surface area contributed by atoms with Crippen molar-refractivity contribution in [2.24, 2.45) is 0 Å². The maximum Gasteiger partial charge on any atom is 0.238 e. The van der Waals surface area contributed by atoms with Crippen molar-refractivity contribution in [3.63, 3.8) is 0 Å². The van der Waals surface area contributed by atoms with E-state index in [1.54, 1.807) is 25.4 Å². The van der Waals surface area contributed by atoms with Crippen LogP contribution in [0.1, 0.15) is 12.8 Å². The first-order valence-electron chi connectivity index (χ1n) is 5.31. The van der Waals surface area contributed by atoms with Crippen molar-refractivity contribution in [1.29, 1.82) is 0 Å². The molecule has 1 aliphatic carbocycles. The number of nitrogens with zero attached hydrogens (tertiary/aromatic N) is 1. The van der Waals surface area contributed by atoms with Gasteiger partial charge in [-0.25, -0.2) is 4.98 Å². The fraction of sp³-hybridized carbons (Fsp3) is 0.455. The predicted molar refractivity (Wildman–Crippen MR) is 60.4 cm³/mol. The van der Waals surface area contributed by atoms with Crippen molar-refractivity contribution in [3.8, 4) is 5.88 Å². The molecular formula is C11H15N3O2. The number of nitrogens with one attached hydrogen (secondary N) is 2. The summed E-state index contributed by atoms with van der Waals surface area (Å²) in [6.07, 6.45) is 3.93. The zero-order chi connectivity index (χ0) is 11.4. The van der Waals surface area contributed by atoms with Gasteiger partial charge in [0.1, 0.15) is 0 Å². The number of hydrogen-bond donors (Lipinski definition) is 2. The number of ether oxygens (including phenoxy) is 1. The van der Waals surface area contributed by atoms with Crippen LogP contribution in [0.25, 0.3) is 0 Å². The number of anilines is 1. The Bertz CT molecular complexity index is 360. The van der Waals surface area contributed by atoms with Crippen LogP contribution in [0.5, 0.6) is 5.88 Å². The number of carbonyl (C=O) groups is 1. The van der Waals surface area contributed by atoms with Gasteiger partial charge in [-0.1, -0.05) is 0 Å². The maximum absolute atomic E-state index is 11.5. The van der Waals surface area contributed by atoms with Gasteiger partial charge in [0.25, 0.3) is 0 Å².